The molecule has 2 rings (SSSR count). The molecule has 1 fully saturated rings. The first-order valence-corrected chi connectivity index (χ1v) is 8.89. The summed E-state index contributed by atoms with van der Waals surface area (Å²) in [7, 11) is 1.85. The van der Waals surface area contributed by atoms with Crippen LogP contribution in [0.4, 0.5) is 0 Å². The third-order valence-electron chi connectivity index (χ3n) is 5.06. The Morgan fingerprint density at radius 1 is 1.17 bits per heavy atom. The molecule has 5 heteroatoms. The van der Waals surface area contributed by atoms with Crippen molar-refractivity contribution in [3.05, 3.63) is 35.9 Å². The van der Waals surface area contributed by atoms with Crippen molar-refractivity contribution in [1.29, 1.82) is 0 Å². The Kier molecular flexibility index (Phi) is 9.05. The van der Waals surface area contributed by atoms with E-state index in [0.29, 0.717) is 11.5 Å². The topological polar surface area (TPSA) is 39.7 Å². The van der Waals surface area contributed by atoms with Crippen molar-refractivity contribution in [2.45, 2.75) is 45.1 Å². The molecule has 1 aromatic rings. The zero-order valence-electron chi connectivity index (χ0n) is 15.5. The monoisotopic (exact) mass is 444 g/mol. The van der Waals surface area contributed by atoms with Gasteiger partial charge in [-0.1, -0.05) is 44.2 Å². The van der Waals surface area contributed by atoms with Gasteiger partial charge in [-0.15, -0.1) is 24.0 Å². The molecule has 0 saturated heterocycles. The average molecular weight is 444 g/mol. The normalized spacial score (nSPS) is 17.1. The smallest absolute Gasteiger partial charge is 0.191 e. The average Bonchev–Trinajstić information content (AvgIpc) is 3.38. The van der Waals surface area contributed by atoms with Crippen LogP contribution in [0.15, 0.2) is 35.3 Å². The van der Waals surface area contributed by atoms with Crippen molar-refractivity contribution in [2.75, 3.05) is 33.2 Å². The van der Waals surface area contributed by atoms with E-state index >= 15 is 0 Å². The summed E-state index contributed by atoms with van der Waals surface area (Å²) >= 11 is 0. The van der Waals surface area contributed by atoms with Gasteiger partial charge in [0.05, 0.1) is 0 Å². The quantitative estimate of drug-likeness (QED) is 0.368. The fourth-order valence-electron chi connectivity index (χ4n) is 3.20. The number of halogens is 1. The van der Waals surface area contributed by atoms with E-state index in [0.717, 1.165) is 32.1 Å². The Balaban J connectivity index is 0.00000288. The van der Waals surface area contributed by atoms with Gasteiger partial charge in [-0.2, -0.15) is 0 Å². The van der Waals surface area contributed by atoms with Gasteiger partial charge in [0.15, 0.2) is 5.96 Å². The van der Waals surface area contributed by atoms with Crippen LogP contribution in [0.1, 0.15) is 39.2 Å². The summed E-state index contributed by atoms with van der Waals surface area (Å²) in [6, 6.07) is 11.3. The van der Waals surface area contributed by atoms with Gasteiger partial charge in [-0.05, 0) is 38.4 Å². The molecule has 4 nitrogen and oxygen atoms in total. The minimum absolute atomic E-state index is 0. The summed E-state index contributed by atoms with van der Waals surface area (Å²) in [6.07, 6.45) is 2.52. The maximum absolute atomic E-state index is 4.37. The summed E-state index contributed by atoms with van der Waals surface area (Å²) in [5.74, 6) is 0.909. The molecule has 136 valence electrons. The van der Waals surface area contributed by atoms with Gasteiger partial charge in [0.1, 0.15) is 0 Å². The lowest BCUT2D eigenvalue weighted by molar-refractivity contribution is 0.231. The first-order chi connectivity index (χ1) is 11.1. The van der Waals surface area contributed by atoms with E-state index in [4.69, 9.17) is 0 Å². The van der Waals surface area contributed by atoms with Gasteiger partial charge in [-0.3, -0.25) is 9.89 Å². The minimum Gasteiger partial charge on any atom is -0.356 e. The molecular formula is C19H33IN4. The lowest BCUT2D eigenvalue weighted by atomic mass is 9.96. The highest BCUT2D eigenvalue weighted by Crippen LogP contribution is 2.47. The van der Waals surface area contributed by atoms with Gasteiger partial charge >= 0.3 is 0 Å². The highest BCUT2D eigenvalue weighted by molar-refractivity contribution is 14.0. The van der Waals surface area contributed by atoms with Gasteiger partial charge in [0, 0.05) is 31.6 Å². The predicted octanol–water partition coefficient (Wildman–Crippen LogP) is 3.23. The Morgan fingerprint density at radius 3 is 2.29 bits per heavy atom. The van der Waals surface area contributed by atoms with Gasteiger partial charge < -0.3 is 10.6 Å². The van der Waals surface area contributed by atoms with Crippen molar-refractivity contribution in [3.63, 3.8) is 0 Å². The summed E-state index contributed by atoms with van der Waals surface area (Å²) in [4.78, 5) is 6.82. The van der Waals surface area contributed by atoms with Gasteiger partial charge in [-0.25, -0.2) is 0 Å². The number of likely N-dealkylation sites (N-methyl/N-ethyl adjacent to an activating group) is 1. The van der Waals surface area contributed by atoms with E-state index in [-0.39, 0.29) is 24.0 Å². The second-order valence-electron chi connectivity index (χ2n) is 6.52. The number of nitrogens with one attached hydrogen (secondary N) is 2. The number of guanidine groups is 1. The van der Waals surface area contributed by atoms with Crippen molar-refractivity contribution in [3.8, 4) is 0 Å². The molecule has 1 aliphatic rings. The van der Waals surface area contributed by atoms with E-state index in [1.807, 2.05) is 7.05 Å². The van der Waals surface area contributed by atoms with Crippen LogP contribution in [0.5, 0.6) is 0 Å². The molecule has 0 bridgehead atoms. The molecule has 1 aromatic carbocycles. The lowest BCUT2D eigenvalue weighted by Crippen LogP contribution is -2.47. The van der Waals surface area contributed by atoms with Crippen LogP contribution in [0.2, 0.25) is 0 Å². The van der Waals surface area contributed by atoms with E-state index < -0.39 is 0 Å². The zero-order chi connectivity index (χ0) is 16.7. The first kappa shape index (κ1) is 21.2. The fraction of sp³-hybridized carbons (Fsp3) is 0.632. The summed E-state index contributed by atoms with van der Waals surface area (Å²) in [6.45, 7) is 10.7. The van der Waals surface area contributed by atoms with Crippen molar-refractivity contribution in [1.82, 2.24) is 15.5 Å². The van der Waals surface area contributed by atoms with Crippen molar-refractivity contribution in [2.24, 2.45) is 4.99 Å². The molecule has 24 heavy (non-hydrogen) atoms. The molecule has 0 heterocycles. The van der Waals surface area contributed by atoms with E-state index in [1.165, 1.54) is 18.4 Å². The van der Waals surface area contributed by atoms with E-state index in [9.17, 15) is 0 Å². The second-order valence-corrected chi connectivity index (χ2v) is 6.52. The Hall–Kier alpha value is -0.820. The maximum Gasteiger partial charge on any atom is 0.191 e. The number of benzene rings is 1. The Morgan fingerprint density at radius 2 is 1.79 bits per heavy atom. The molecule has 1 unspecified atom stereocenters. The number of hydrogen-bond acceptors (Lipinski definition) is 2. The first-order valence-electron chi connectivity index (χ1n) is 8.89. The molecule has 0 aliphatic heterocycles. The molecule has 0 radical (unpaired) electrons. The van der Waals surface area contributed by atoms with Crippen molar-refractivity contribution < 1.29 is 0 Å². The van der Waals surface area contributed by atoms with Crippen LogP contribution in [0.3, 0.4) is 0 Å². The van der Waals surface area contributed by atoms with Crippen LogP contribution in [0.25, 0.3) is 0 Å². The largest absolute Gasteiger partial charge is 0.356 e. The fourth-order valence-corrected chi connectivity index (χ4v) is 3.20. The van der Waals surface area contributed by atoms with E-state index in [1.54, 1.807) is 0 Å². The standard InChI is InChI=1S/C19H32N4.HI/c1-5-23(6-2)16(3)14-21-18(20-4)22-15-19(12-13-19)17-10-8-7-9-11-17;/h7-11,16H,5-6,12-15H2,1-4H3,(H2,20,21,22);1H. The number of aliphatic imine (C=N–C) groups is 1. The molecule has 0 spiro atoms. The molecular weight excluding hydrogens is 411 g/mol. The lowest BCUT2D eigenvalue weighted by Gasteiger charge is -2.27. The molecule has 0 aromatic heterocycles. The van der Waals surface area contributed by atoms with Gasteiger partial charge in [0.2, 0.25) is 0 Å². The Bertz CT molecular complexity index is 495. The van der Waals surface area contributed by atoms with Crippen LogP contribution >= 0.6 is 24.0 Å². The summed E-state index contributed by atoms with van der Waals surface area (Å²) in [5.41, 5.74) is 1.75. The van der Waals surface area contributed by atoms with Crippen LogP contribution < -0.4 is 10.6 Å². The van der Waals surface area contributed by atoms with Crippen LogP contribution in [0, 0.1) is 0 Å². The zero-order valence-corrected chi connectivity index (χ0v) is 17.8. The number of rotatable bonds is 8. The third-order valence-corrected chi connectivity index (χ3v) is 5.06. The molecule has 1 aliphatic carbocycles. The maximum atomic E-state index is 4.37. The molecule has 0 amide bonds. The Labute approximate surface area is 164 Å². The molecule has 1 atom stereocenters. The van der Waals surface area contributed by atoms with Crippen molar-refractivity contribution >= 4 is 29.9 Å². The number of hydrogen-bond donors (Lipinski definition) is 2. The van der Waals surface area contributed by atoms with Gasteiger partial charge in [0.25, 0.3) is 0 Å². The molecule has 1 saturated carbocycles. The predicted molar refractivity (Wildman–Crippen MR) is 115 cm³/mol. The minimum atomic E-state index is 0. The second kappa shape index (κ2) is 10.2. The van der Waals surface area contributed by atoms with E-state index in [2.05, 4.69) is 71.6 Å². The van der Waals surface area contributed by atoms with Crippen LogP contribution in [-0.4, -0.2) is 50.1 Å². The third kappa shape index (κ3) is 5.62. The molecule has 2 N–H and O–H groups in total. The SMILES string of the molecule is CCN(CC)C(C)CNC(=NC)NCC1(c2ccccc2)CC1.I. The summed E-state index contributed by atoms with van der Waals surface area (Å²) in [5, 5.41) is 6.99. The number of nitrogens with zero attached hydrogens (tertiary/aromatic N) is 2. The summed E-state index contributed by atoms with van der Waals surface area (Å²) < 4.78 is 0. The highest BCUT2D eigenvalue weighted by atomic mass is 127. The highest BCUT2D eigenvalue weighted by Gasteiger charge is 2.43. The van der Waals surface area contributed by atoms with Crippen LogP contribution in [-0.2, 0) is 5.41 Å².